The SMILES string of the molecule is S[C@H]1CCCCC[C@@H]1S. The van der Waals surface area contributed by atoms with Gasteiger partial charge in [-0.3, -0.25) is 0 Å². The Morgan fingerprint density at radius 3 is 1.67 bits per heavy atom. The molecule has 0 saturated heterocycles. The van der Waals surface area contributed by atoms with Crippen LogP contribution in [0.2, 0.25) is 0 Å². The Labute approximate surface area is 68.2 Å². The monoisotopic (exact) mass is 162 g/mol. The number of hydrogen-bond acceptors (Lipinski definition) is 2. The average Bonchev–Trinajstić information content (AvgIpc) is 1.99. The fourth-order valence-electron chi connectivity index (χ4n) is 1.27. The summed E-state index contributed by atoms with van der Waals surface area (Å²) in [6.07, 6.45) is 6.61. The summed E-state index contributed by atoms with van der Waals surface area (Å²) in [6.45, 7) is 0. The molecular formula is C7H14S2. The molecule has 9 heavy (non-hydrogen) atoms. The highest BCUT2D eigenvalue weighted by molar-refractivity contribution is 7.85. The predicted octanol–water partition coefficient (Wildman–Crippen LogP) is 2.55. The van der Waals surface area contributed by atoms with Gasteiger partial charge < -0.3 is 0 Å². The summed E-state index contributed by atoms with van der Waals surface area (Å²) in [5, 5.41) is 1.10. The Morgan fingerprint density at radius 2 is 1.22 bits per heavy atom. The van der Waals surface area contributed by atoms with Gasteiger partial charge in [-0.25, -0.2) is 0 Å². The lowest BCUT2D eigenvalue weighted by atomic mass is 10.2. The first-order valence-electron chi connectivity index (χ1n) is 3.67. The van der Waals surface area contributed by atoms with E-state index in [2.05, 4.69) is 25.3 Å². The fraction of sp³-hybridized carbons (Fsp3) is 1.00. The zero-order valence-electron chi connectivity index (χ0n) is 5.58. The molecule has 0 amide bonds. The van der Waals surface area contributed by atoms with Gasteiger partial charge in [0.15, 0.2) is 0 Å². The highest BCUT2D eigenvalue weighted by atomic mass is 32.1. The molecule has 1 fully saturated rings. The predicted molar refractivity (Wildman–Crippen MR) is 48.6 cm³/mol. The minimum absolute atomic E-state index is 0.552. The quantitative estimate of drug-likeness (QED) is 0.397. The molecular weight excluding hydrogens is 148 g/mol. The largest absolute Gasteiger partial charge is 0.175 e. The standard InChI is InChI=1S/C7H14S2/c8-6-4-2-1-3-5-7(6)9/h6-9H,1-5H2/t6-,7-/m0/s1. The highest BCUT2D eigenvalue weighted by Crippen LogP contribution is 2.25. The molecule has 54 valence electrons. The number of thiol groups is 2. The van der Waals surface area contributed by atoms with Crippen LogP contribution in [-0.4, -0.2) is 10.5 Å². The van der Waals surface area contributed by atoms with Crippen molar-refractivity contribution < 1.29 is 0 Å². The van der Waals surface area contributed by atoms with Crippen molar-refractivity contribution in [2.45, 2.75) is 42.6 Å². The van der Waals surface area contributed by atoms with Crippen molar-refractivity contribution in [2.24, 2.45) is 0 Å². The zero-order valence-corrected chi connectivity index (χ0v) is 7.37. The van der Waals surface area contributed by atoms with Crippen LogP contribution in [0, 0.1) is 0 Å². The van der Waals surface area contributed by atoms with E-state index in [1.54, 1.807) is 0 Å². The molecule has 1 rings (SSSR count). The van der Waals surface area contributed by atoms with Gasteiger partial charge in [-0.2, -0.15) is 25.3 Å². The van der Waals surface area contributed by atoms with Crippen molar-refractivity contribution in [3.05, 3.63) is 0 Å². The fourth-order valence-corrected chi connectivity index (χ4v) is 1.93. The maximum Gasteiger partial charge on any atom is 0.0133 e. The first kappa shape index (κ1) is 7.80. The molecule has 2 atom stereocenters. The third-order valence-electron chi connectivity index (χ3n) is 1.94. The van der Waals surface area contributed by atoms with Crippen molar-refractivity contribution in [3.8, 4) is 0 Å². The van der Waals surface area contributed by atoms with Crippen molar-refractivity contribution in [3.63, 3.8) is 0 Å². The van der Waals surface area contributed by atoms with Gasteiger partial charge in [-0.1, -0.05) is 19.3 Å². The van der Waals surface area contributed by atoms with Crippen LogP contribution >= 0.6 is 25.3 Å². The van der Waals surface area contributed by atoms with Crippen molar-refractivity contribution in [1.29, 1.82) is 0 Å². The van der Waals surface area contributed by atoms with Crippen LogP contribution in [0.3, 0.4) is 0 Å². The Bertz CT molecular complexity index is 73.0. The van der Waals surface area contributed by atoms with Gasteiger partial charge in [0.1, 0.15) is 0 Å². The lowest BCUT2D eigenvalue weighted by molar-refractivity contribution is 0.704. The van der Waals surface area contributed by atoms with Crippen LogP contribution in [0.1, 0.15) is 32.1 Å². The zero-order chi connectivity index (χ0) is 6.69. The summed E-state index contributed by atoms with van der Waals surface area (Å²) in [5.41, 5.74) is 0. The summed E-state index contributed by atoms with van der Waals surface area (Å²) >= 11 is 8.90. The third-order valence-corrected chi connectivity index (χ3v) is 3.42. The van der Waals surface area contributed by atoms with Crippen LogP contribution in [0.15, 0.2) is 0 Å². The normalized spacial score (nSPS) is 38.0. The van der Waals surface area contributed by atoms with Gasteiger partial charge >= 0.3 is 0 Å². The lowest BCUT2D eigenvalue weighted by Crippen LogP contribution is -2.12. The third kappa shape index (κ3) is 2.42. The van der Waals surface area contributed by atoms with Crippen LogP contribution in [0.4, 0.5) is 0 Å². The molecule has 0 aliphatic heterocycles. The minimum atomic E-state index is 0.552. The van der Waals surface area contributed by atoms with Crippen LogP contribution < -0.4 is 0 Å². The molecule has 0 radical (unpaired) electrons. The van der Waals surface area contributed by atoms with E-state index < -0.39 is 0 Å². The second kappa shape index (κ2) is 3.77. The summed E-state index contributed by atoms with van der Waals surface area (Å²) in [6, 6.07) is 0. The van der Waals surface area contributed by atoms with Crippen molar-refractivity contribution in [2.75, 3.05) is 0 Å². The van der Waals surface area contributed by atoms with Crippen LogP contribution in [0.5, 0.6) is 0 Å². The molecule has 1 aliphatic carbocycles. The summed E-state index contributed by atoms with van der Waals surface area (Å²) in [7, 11) is 0. The molecule has 0 aromatic carbocycles. The Morgan fingerprint density at radius 1 is 0.778 bits per heavy atom. The molecule has 1 aliphatic rings. The van der Waals surface area contributed by atoms with Crippen LogP contribution in [-0.2, 0) is 0 Å². The molecule has 0 aromatic rings. The molecule has 0 spiro atoms. The van der Waals surface area contributed by atoms with Gasteiger partial charge in [0.2, 0.25) is 0 Å². The topological polar surface area (TPSA) is 0 Å². The second-order valence-electron chi connectivity index (χ2n) is 2.77. The highest BCUT2D eigenvalue weighted by Gasteiger charge is 2.15. The summed E-state index contributed by atoms with van der Waals surface area (Å²) in [4.78, 5) is 0. The van der Waals surface area contributed by atoms with E-state index in [0.717, 1.165) is 0 Å². The first-order valence-corrected chi connectivity index (χ1v) is 4.70. The Balaban J connectivity index is 2.32. The molecule has 2 heteroatoms. The van der Waals surface area contributed by atoms with E-state index in [-0.39, 0.29) is 0 Å². The molecule has 1 saturated carbocycles. The molecule has 0 heterocycles. The number of rotatable bonds is 0. The van der Waals surface area contributed by atoms with Crippen molar-refractivity contribution in [1.82, 2.24) is 0 Å². The maximum atomic E-state index is 4.45. The molecule has 0 N–H and O–H groups in total. The molecule has 0 bridgehead atoms. The maximum absolute atomic E-state index is 4.45. The van der Waals surface area contributed by atoms with Crippen LogP contribution in [0.25, 0.3) is 0 Å². The van der Waals surface area contributed by atoms with Gasteiger partial charge in [0.05, 0.1) is 0 Å². The van der Waals surface area contributed by atoms with E-state index in [0.29, 0.717) is 10.5 Å². The summed E-state index contributed by atoms with van der Waals surface area (Å²) in [5.74, 6) is 0. The first-order chi connectivity index (χ1) is 4.30. The Hall–Kier alpha value is 0.700. The smallest absolute Gasteiger partial charge is 0.0133 e. The number of hydrogen-bond donors (Lipinski definition) is 2. The van der Waals surface area contributed by atoms with Crippen molar-refractivity contribution >= 4 is 25.3 Å². The molecule has 0 unspecified atom stereocenters. The summed E-state index contributed by atoms with van der Waals surface area (Å²) < 4.78 is 0. The second-order valence-corrected chi connectivity index (χ2v) is 4.10. The van der Waals surface area contributed by atoms with Gasteiger partial charge in [0.25, 0.3) is 0 Å². The molecule has 0 aromatic heterocycles. The van der Waals surface area contributed by atoms with Gasteiger partial charge in [-0.05, 0) is 12.8 Å². The minimum Gasteiger partial charge on any atom is -0.175 e. The van der Waals surface area contributed by atoms with E-state index >= 15 is 0 Å². The van der Waals surface area contributed by atoms with E-state index in [4.69, 9.17) is 0 Å². The van der Waals surface area contributed by atoms with Gasteiger partial charge in [-0.15, -0.1) is 0 Å². The molecule has 0 nitrogen and oxygen atoms in total. The lowest BCUT2D eigenvalue weighted by Gasteiger charge is -2.12. The van der Waals surface area contributed by atoms with Gasteiger partial charge in [0, 0.05) is 10.5 Å². The van der Waals surface area contributed by atoms with E-state index in [9.17, 15) is 0 Å². The van der Waals surface area contributed by atoms with E-state index in [1.165, 1.54) is 32.1 Å². The Kier molecular flexibility index (Phi) is 3.27. The van der Waals surface area contributed by atoms with E-state index in [1.807, 2.05) is 0 Å². The average molecular weight is 162 g/mol.